The lowest BCUT2D eigenvalue weighted by Gasteiger charge is -2.28. The van der Waals surface area contributed by atoms with Gasteiger partial charge < -0.3 is 0 Å². The molecule has 0 spiro atoms. The zero-order valence-corrected chi connectivity index (χ0v) is 14.7. The number of hydrogen-bond acceptors (Lipinski definition) is 2. The van der Waals surface area contributed by atoms with Crippen LogP contribution in [0.4, 0.5) is 0 Å². The van der Waals surface area contributed by atoms with E-state index in [1.807, 2.05) is 35.9 Å². The fourth-order valence-corrected chi connectivity index (χ4v) is 7.42. The quantitative estimate of drug-likeness (QED) is 0.466. The molecule has 0 aliphatic carbocycles. The maximum atomic E-state index is 13.0. The zero-order chi connectivity index (χ0) is 14.3. The van der Waals surface area contributed by atoms with E-state index in [2.05, 4.69) is 0 Å². The SMILES string of the molecule is Cc1ccccc1SP(=O)(CCl)N(CCCl)CCCl. The van der Waals surface area contributed by atoms with Crippen molar-refractivity contribution in [1.82, 2.24) is 4.67 Å². The highest BCUT2D eigenvalue weighted by molar-refractivity contribution is 8.57. The maximum Gasteiger partial charge on any atom is 0.222 e. The first kappa shape index (κ1) is 17.7. The zero-order valence-electron chi connectivity index (χ0n) is 10.7. The van der Waals surface area contributed by atoms with Crippen molar-refractivity contribution in [2.45, 2.75) is 11.8 Å². The molecule has 0 bridgehead atoms. The van der Waals surface area contributed by atoms with Crippen LogP contribution in [0, 0.1) is 6.92 Å². The summed E-state index contributed by atoms with van der Waals surface area (Å²) < 4.78 is 14.8. The van der Waals surface area contributed by atoms with E-state index in [1.54, 1.807) is 0 Å². The molecule has 0 aromatic heterocycles. The molecule has 1 unspecified atom stereocenters. The molecule has 1 atom stereocenters. The Morgan fingerprint density at radius 1 is 1.16 bits per heavy atom. The molecule has 0 amide bonds. The maximum absolute atomic E-state index is 13.0. The summed E-state index contributed by atoms with van der Waals surface area (Å²) in [4.78, 5) is 0.987. The molecule has 1 aromatic rings. The molecule has 108 valence electrons. The second-order valence-electron chi connectivity index (χ2n) is 3.95. The van der Waals surface area contributed by atoms with E-state index < -0.39 is 6.49 Å². The number of benzene rings is 1. The standard InChI is InChI=1S/C12H17Cl3NOPS/c1-11-4-2-3-5-12(11)19-18(17,10-15)16(8-6-13)9-7-14/h2-5H,6-10H2,1H3. The van der Waals surface area contributed by atoms with Crippen LogP contribution in [0.3, 0.4) is 0 Å². The van der Waals surface area contributed by atoms with Crippen molar-refractivity contribution in [3.8, 4) is 0 Å². The fourth-order valence-electron chi connectivity index (χ4n) is 1.58. The lowest BCUT2D eigenvalue weighted by molar-refractivity contribution is 0.462. The lowest BCUT2D eigenvalue weighted by Crippen LogP contribution is -2.24. The Balaban J connectivity index is 2.95. The van der Waals surface area contributed by atoms with Crippen LogP contribution in [0.1, 0.15) is 5.56 Å². The van der Waals surface area contributed by atoms with Crippen LogP contribution in [0.5, 0.6) is 0 Å². The third-order valence-corrected chi connectivity index (χ3v) is 9.37. The number of aryl methyl sites for hydroxylation is 1. The second kappa shape index (κ2) is 8.81. The van der Waals surface area contributed by atoms with Gasteiger partial charge in [0.25, 0.3) is 0 Å². The van der Waals surface area contributed by atoms with Crippen molar-refractivity contribution in [3.05, 3.63) is 29.8 Å². The average molecular weight is 361 g/mol. The van der Waals surface area contributed by atoms with Gasteiger partial charge in [-0.3, -0.25) is 4.57 Å². The minimum atomic E-state index is -2.75. The molecule has 0 saturated heterocycles. The minimum absolute atomic E-state index is 0.0831. The smallest absolute Gasteiger partial charge is 0.222 e. The van der Waals surface area contributed by atoms with E-state index in [1.165, 1.54) is 11.4 Å². The third kappa shape index (κ3) is 5.15. The van der Waals surface area contributed by atoms with Crippen LogP contribution in [-0.2, 0) is 4.57 Å². The van der Waals surface area contributed by atoms with Crippen molar-refractivity contribution in [2.24, 2.45) is 0 Å². The van der Waals surface area contributed by atoms with Crippen molar-refractivity contribution in [1.29, 1.82) is 0 Å². The number of nitrogens with zero attached hydrogens (tertiary/aromatic N) is 1. The van der Waals surface area contributed by atoms with E-state index >= 15 is 0 Å². The van der Waals surface area contributed by atoms with Gasteiger partial charge in [-0.25, -0.2) is 4.67 Å². The summed E-state index contributed by atoms with van der Waals surface area (Å²) in [7, 11) is 0. The van der Waals surface area contributed by atoms with E-state index in [-0.39, 0.29) is 5.62 Å². The number of alkyl halides is 3. The highest BCUT2D eigenvalue weighted by Crippen LogP contribution is 2.65. The molecule has 0 aliphatic heterocycles. The van der Waals surface area contributed by atoms with Crippen molar-refractivity contribution in [3.63, 3.8) is 0 Å². The summed E-state index contributed by atoms with van der Waals surface area (Å²) in [6.45, 7) is 0.299. The van der Waals surface area contributed by atoms with Gasteiger partial charge >= 0.3 is 0 Å². The van der Waals surface area contributed by atoms with Crippen LogP contribution >= 0.6 is 52.7 Å². The molecule has 1 aromatic carbocycles. The molecular formula is C12H17Cl3NOPS. The predicted molar refractivity (Wildman–Crippen MR) is 88.4 cm³/mol. The summed E-state index contributed by atoms with van der Waals surface area (Å²) in [5.74, 6) is 0.818. The van der Waals surface area contributed by atoms with Crippen LogP contribution in [0.15, 0.2) is 29.2 Å². The van der Waals surface area contributed by atoms with Gasteiger partial charge in [-0.1, -0.05) is 18.2 Å². The van der Waals surface area contributed by atoms with Crippen LogP contribution in [0.25, 0.3) is 0 Å². The summed E-state index contributed by atoms with van der Waals surface area (Å²) in [5.41, 5.74) is 1.18. The number of hydrogen-bond donors (Lipinski definition) is 0. The molecule has 0 saturated carbocycles. The Hall–Kier alpha value is 0.630. The van der Waals surface area contributed by atoms with Gasteiger partial charge in [-0.05, 0) is 29.9 Å². The summed E-state index contributed by atoms with van der Waals surface area (Å²) in [6.07, 6.45) is 0. The Kier molecular flexibility index (Phi) is 8.20. The van der Waals surface area contributed by atoms with Gasteiger partial charge in [0.1, 0.15) is 0 Å². The summed E-state index contributed by atoms with van der Waals surface area (Å²) in [5, 5.41) is 0. The first-order chi connectivity index (χ1) is 9.07. The Morgan fingerprint density at radius 2 is 1.74 bits per heavy atom. The van der Waals surface area contributed by atoms with Gasteiger partial charge in [0, 0.05) is 29.7 Å². The molecule has 0 aliphatic rings. The molecule has 2 nitrogen and oxygen atoms in total. The van der Waals surface area contributed by atoms with Gasteiger partial charge in [0.05, 0.1) is 5.62 Å². The average Bonchev–Trinajstić information content (AvgIpc) is 2.41. The van der Waals surface area contributed by atoms with Gasteiger partial charge in [0.15, 0.2) is 0 Å². The van der Waals surface area contributed by atoms with E-state index in [4.69, 9.17) is 34.8 Å². The Bertz CT molecular complexity index is 441. The number of rotatable bonds is 8. The molecule has 0 fully saturated rings. The molecule has 0 radical (unpaired) electrons. The van der Waals surface area contributed by atoms with Crippen molar-refractivity contribution >= 4 is 52.7 Å². The predicted octanol–water partition coefficient (Wildman–Crippen LogP) is 5.26. The van der Waals surface area contributed by atoms with E-state index in [9.17, 15) is 4.57 Å². The van der Waals surface area contributed by atoms with Crippen molar-refractivity contribution in [2.75, 3.05) is 30.5 Å². The van der Waals surface area contributed by atoms with Crippen LogP contribution in [-0.4, -0.2) is 35.1 Å². The molecule has 7 heteroatoms. The minimum Gasteiger partial charge on any atom is -0.293 e. The van der Waals surface area contributed by atoms with E-state index in [0.29, 0.717) is 24.8 Å². The van der Waals surface area contributed by atoms with Crippen LogP contribution < -0.4 is 0 Å². The molecule has 0 heterocycles. The largest absolute Gasteiger partial charge is 0.293 e. The molecular weight excluding hydrogens is 344 g/mol. The highest BCUT2D eigenvalue weighted by Gasteiger charge is 2.30. The first-order valence-electron chi connectivity index (χ1n) is 5.85. The van der Waals surface area contributed by atoms with Crippen LogP contribution in [0.2, 0.25) is 0 Å². The second-order valence-corrected chi connectivity index (χ2v) is 10.4. The molecule has 1 rings (SSSR count). The Labute approximate surface area is 134 Å². The molecule has 0 N–H and O–H groups in total. The van der Waals surface area contributed by atoms with Gasteiger partial charge in [0.2, 0.25) is 6.49 Å². The van der Waals surface area contributed by atoms with E-state index in [0.717, 1.165) is 10.5 Å². The van der Waals surface area contributed by atoms with Crippen molar-refractivity contribution < 1.29 is 4.57 Å². The summed E-state index contributed by atoms with van der Waals surface area (Å²) >= 11 is 18.8. The normalized spacial score (nSPS) is 14.6. The Morgan fingerprint density at radius 3 is 2.21 bits per heavy atom. The summed E-state index contributed by atoms with van der Waals surface area (Å²) in [6, 6.07) is 7.84. The third-order valence-electron chi connectivity index (χ3n) is 2.60. The van der Waals surface area contributed by atoms with Gasteiger partial charge in [-0.15, -0.1) is 34.8 Å². The lowest BCUT2D eigenvalue weighted by atomic mass is 10.2. The highest BCUT2D eigenvalue weighted by atomic mass is 35.5. The fraction of sp³-hybridized carbons (Fsp3) is 0.500. The number of halogens is 3. The topological polar surface area (TPSA) is 20.3 Å². The van der Waals surface area contributed by atoms with Gasteiger partial charge in [-0.2, -0.15) is 0 Å². The first-order valence-corrected chi connectivity index (χ1v) is 10.7. The monoisotopic (exact) mass is 359 g/mol. The molecule has 19 heavy (non-hydrogen) atoms.